The van der Waals surface area contributed by atoms with E-state index in [2.05, 4.69) is 24.3 Å². The molecule has 1 rings (SSSR count). The minimum Gasteiger partial charge on any atom is -0.367 e. The molecule has 0 amide bonds. The summed E-state index contributed by atoms with van der Waals surface area (Å²) >= 11 is 2.67. The number of unbranched alkanes of at least 4 members (excludes halogenated alkanes) is 1. The lowest BCUT2D eigenvalue weighted by molar-refractivity contribution is 0.224. The Kier molecular flexibility index (Phi) is 5.05. The van der Waals surface area contributed by atoms with Crippen molar-refractivity contribution < 1.29 is 9.53 Å². The Morgan fingerprint density at radius 1 is 1.38 bits per heavy atom. The second kappa shape index (κ2) is 6.33. The molecule has 0 saturated heterocycles. The first-order valence-electron chi connectivity index (χ1n) is 5.24. The van der Waals surface area contributed by atoms with Crippen molar-refractivity contribution in [3.8, 4) is 0 Å². The molecule has 0 fully saturated rings. The van der Waals surface area contributed by atoms with Crippen molar-refractivity contribution in [2.45, 2.75) is 26.2 Å². The number of rotatable bonds is 4. The van der Waals surface area contributed by atoms with Crippen LogP contribution in [0, 0.1) is 5.41 Å². The lowest BCUT2D eigenvalue weighted by Gasteiger charge is -2.03. The Labute approximate surface area is 101 Å². The number of nitrogens with one attached hydrogen (secondary N) is 1. The van der Waals surface area contributed by atoms with Crippen LogP contribution in [-0.4, -0.2) is 11.2 Å². The van der Waals surface area contributed by atoms with E-state index in [1.54, 1.807) is 12.1 Å². The Balaban J connectivity index is 2.63. The number of carbonyl (C=O) groups excluding carboxylic acids is 1. The second-order valence-electron chi connectivity index (χ2n) is 3.52. The smallest absolute Gasteiger partial charge is 0.367 e. The van der Waals surface area contributed by atoms with Crippen molar-refractivity contribution >= 4 is 23.8 Å². The van der Waals surface area contributed by atoms with Gasteiger partial charge in [0.25, 0.3) is 0 Å². The summed E-state index contributed by atoms with van der Waals surface area (Å²) < 4.78 is 4.62. The molecule has 0 unspecified atom stereocenters. The first-order chi connectivity index (χ1) is 7.63. The van der Waals surface area contributed by atoms with Gasteiger partial charge >= 0.3 is 5.30 Å². The minimum absolute atomic E-state index is 0.137. The third-order valence-electron chi connectivity index (χ3n) is 2.23. The van der Waals surface area contributed by atoms with Gasteiger partial charge in [0.15, 0.2) is 0 Å². The van der Waals surface area contributed by atoms with Crippen LogP contribution in [0.2, 0.25) is 0 Å². The molecule has 0 aliphatic heterocycles. The SMILES string of the molecule is CCCCc1ccc(C(=N)OC(=O)[SH2+])cc1. The van der Waals surface area contributed by atoms with Crippen molar-refractivity contribution in [2.24, 2.45) is 0 Å². The van der Waals surface area contributed by atoms with Gasteiger partial charge in [0.2, 0.25) is 5.90 Å². The Hall–Kier alpha value is -1.29. The van der Waals surface area contributed by atoms with Crippen molar-refractivity contribution in [3.05, 3.63) is 35.4 Å². The van der Waals surface area contributed by atoms with Gasteiger partial charge in [-0.2, -0.15) is 4.79 Å². The number of ether oxygens (including phenoxy) is 1. The molecule has 0 aromatic heterocycles. The van der Waals surface area contributed by atoms with Crippen LogP contribution < -0.4 is 0 Å². The van der Waals surface area contributed by atoms with Crippen LogP contribution in [0.1, 0.15) is 30.9 Å². The molecule has 0 aliphatic carbocycles. The molecule has 3 nitrogen and oxygen atoms in total. The molecule has 0 bridgehead atoms. The molecule has 1 N–H and O–H groups in total. The molecule has 0 spiro atoms. The number of hydrogen-bond donors (Lipinski definition) is 1. The fraction of sp³-hybridized carbons (Fsp3) is 0.333. The molecule has 0 saturated carbocycles. The molecule has 0 heterocycles. The summed E-state index contributed by atoms with van der Waals surface area (Å²) in [6.07, 6.45) is 3.37. The van der Waals surface area contributed by atoms with Crippen LogP contribution in [0.15, 0.2) is 24.3 Å². The second-order valence-corrected chi connectivity index (χ2v) is 3.93. The van der Waals surface area contributed by atoms with Crippen LogP contribution >= 0.6 is 0 Å². The fourth-order valence-corrected chi connectivity index (χ4v) is 1.46. The highest BCUT2D eigenvalue weighted by Gasteiger charge is 2.09. The molecule has 0 atom stereocenters. The fourth-order valence-electron chi connectivity index (χ4n) is 1.36. The largest absolute Gasteiger partial charge is 0.527 e. The monoisotopic (exact) mass is 238 g/mol. The molecule has 16 heavy (non-hydrogen) atoms. The van der Waals surface area contributed by atoms with Crippen LogP contribution in [0.5, 0.6) is 0 Å². The summed E-state index contributed by atoms with van der Waals surface area (Å²) in [6.45, 7) is 2.15. The molecular formula is C12H16NO2S+. The zero-order valence-corrected chi connectivity index (χ0v) is 10.2. The highest BCUT2D eigenvalue weighted by molar-refractivity contribution is 7.76. The maximum atomic E-state index is 10.6. The van der Waals surface area contributed by atoms with Crippen molar-refractivity contribution in [3.63, 3.8) is 0 Å². The first kappa shape index (κ1) is 12.8. The lowest BCUT2D eigenvalue weighted by Crippen LogP contribution is -2.08. The molecule has 0 aliphatic rings. The van der Waals surface area contributed by atoms with Gasteiger partial charge in [-0.25, -0.2) is 0 Å². The van der Waals surface area contributed by atoms with Crippen molar-refractivity contribution in [1.82, 2.24) is 0 Å². The zero-order chi connectivity index (χ0) is 12.0. The first-order valence-corrected chi connectivity index (χ1v) is 5.74. The zero-order valence-electron chi connectivity index (χ0n) is 9.25. The van der Waals surface area contributed by atoms with Gasteiger partial charge in [-0.15, -0.1) is 0 Å². The molecule has 1 aromatic rings. The van der Waals surface area contributed by atoms with Gasteiger partial charge in [0.1, 0.15) is 0 Å². The maximum absolute atomic E-state index is 10.6. The average molecular weight is 238 g/mol. The number of aryl methyl sites for hydroxylation is 1. The van der Waals surface area contributed by atoms with Gasteiger partial charge in [-0.1, -0.05) is 25.5 Å². The predicted octanol–water partition coefficient (Wildman–Crippen LogP) is 2.50. The number of hydrogen-bond acceptors (Lipinski definition) is 3. The van der Waals surface area contributed by atoms with E-state index in [4.69, 9.17) is 5.41 Å². The predicted molar refractivity (Wildman–Crippen MR) is 68.5 cm³/mol. The van der Waals surface area contributed by atoms with E-state index in [1.165, 1.54) is 12.0 Å². The van der Waals surface area contributed by atoms with E-state index in [0.29, 0.717) is 5.56 Å². The molecule has 4 heteroatoms. The van der Waals surface area contributed by atoms with Crippen LogP contribution in [0.25, 0.3) is 0 Å². The third kappa shape index (κ3) is 4.06. The van der Waals surface area contributed by atoms with E-state index in [0.717, 1.165) is 12.8 Å². The Morgan fingerprint density at radius 2 is 2.00 bits per heavy atom. The molecule has 0 radical (unpaired) electrons. The van der Waals surface area contributed by atoms with Gasteiger partial charge in [-0.3, -0.25) is 5.41 Å². The van der Waals surface area contributed by atoms with Gasteiger partial charge in [0, 0.05) is 5.56 Å². The maximum Gasteiger partial charge on any atom is 0.527 e. The topological polar surface area (TPSA) is 50.1 Å². The average Bonchev–Trinajstić information content (AvgIpc) is 2.26. The standard InChI is InChI=1S/C12H15NO2S/c1-2-3-4-9-5-7-10(8-6-9)11(13)15-12(14)16/h5-8,13H,2-4H2,1H3,(H,14,16)/p+1. The third-order valence-corrected chi connectivity index (χ3v) is 2.33. The van der Waals surface area contributed by atoms with Gasteiger partial charge in [-0.05, 0) is 30.5 Å². The number of benzene rings is 1. The summed E-state index contributed by atoms with van der Waals surface area (Å²) in [5.41, 5.74) is 1.84. The summed E-state index contributed by atoms with van der Waals surface area (Å²) in [4.78, 5) is 10.6. The highest BCUT2D eigenvalue weighted by Crippen LogP contribution is 2.09. The molecule has 86 valence electrons. The van der Waals surface area contributed by atoms with Crippen LogP contribution in [0.4, 0.5) is 4.79 Å². The Bertz CT molecular complexity index is 373. The summed E-state index contributed by atoms with van der Waals surface area (Å²) in [6, 6.07) is 7.51. The summed E-state index contributed by atoms with van der Waals surface area (Å²) in [5.74, 6) is -0.137. The summed E-state index contributed by atoms with van der Waals surface area (Å²) in [7, 11) is 0. The quantitative estimate of drug-likeness (QED) is 0.379. The van der Waals surface area contributed by atoms with Gasteiger partial charge in [0.05, 0.1) is 12.6 Å². The van der Waals surface area contributed by atoms with E-state index in [9.17, 15) is 4.79 Å². The highest BCUT2D eigenvalue weighted by atomic mass is 32.1. The van der Waals surface area contributed by atoms with Crippen LogP contribution in [-0.2, 0) is 23.8 Å². The lowest BCUT2D eigenvalue weighted by atomic mass is 10.1. The Morgan fingerprint density at radius 3 is 2.50 bits per heavy atom. The van der Waals surface area contributed by atoms with E-state index >= 15 is 0 Å². The van der Waals surface area contributed by atoms with Crippen molar-refractivity contribution in [2.75, 3.05) is 0 Å². The minimum atomic E-state index is -0.653. The molecule has 1 aromatic carbocycles. The van der Waals surface area contributed by atoms with E-state index in [-0.39, 0.29) is 5.90 Å². The summed E-state index contributed by atoms with van der Waals surface area (Å²) in [5, 5.41) is 6.84. The van der Waals surface area contributed by atoms with Crippen molar-refractivity contribution in [1.29, 1.82) is 5.41 Å². The van der Waals surface area contributed by atoms with E-state index in [1.807, 2.05) is 12.1 Å². The normalized spacial score (nSPS) is 9.88. The van der Waals surface area contributed by atoms with Crippen LogP contribution in [0.3, 0.4) is 0 Å². The van der Waals surface area contributed by atoms with E-state index < -0.39 is 5.30 Å². The van der Waals surface area contributed by atoms with Gasteiger partial charge < -0.3 is 4.74 Å². The molecular weight excluding hydrogens is 222 g/mol. The number of carbonyl (C=O) groups is 1.